The van der Waals surface area contributed by atoms with Gasteiger partial charge in [0.25, 0.3) is 0 Å². The van der Waals surface area contributed by atoms with Crippen LogP contribution in [-0.2, 0) is 9.53 Å². The molecule has 0 saturated heterocycles. The fourth-order valence-corrected chi connectivity index (χ4v) is 20.7. The van der Waals surface area contributed by atoms with Crippen molar-refractivity contribution in [2.75, 3.05) is 6.61 Å². The zero-order valence-corrected chi connectivity index (χ0v) is 22.0. The molecule has 0 spiro atoms. The second-order valence-electron chi connectivity index (χ2n) is 8.74. The number of unbranched alkanes of at least 4 members (excludes halogenated alkanes) is 3. The van der Waals surface area contributed by atoms with E-state index in [0.717, 1.165) is 6.04 Å². The maximum absolute atomic E-state index is 13.0. The first-order valence-electron chi connectivity index (χ1n) is 10.6. The number of hydrogen-bond acceptors (Lipinski definition) is 2. The molecule has 0 amide bonds. The van der Waals surface area contributed by atoms with Crippen LogP contribution >= 0.6 is 0 Å². The van der Waals surface area contributed by atoms with Crippen molar-refractivity contribution in [3.8, 4) is 0 Å². The molecule has 4 heteroatoms. The van der Waals surface area contributed by atoms with Crippen LogP contribution in [0.15, 0.2) is 9.67 Å². The van der Waals surface area contributed by atoms with Gasteiger partial charge in [-0.1, -0.05) is 0 Å². The third kappa shape index (κ3) is 10.2. The summed E-state index contributed by atoms with van der Waals surface area (Å²) in [5, 5.41) is 0. The van der Waals surface area contributed by atoms with E-state index in [0.29, 0.717) is 6.61 Å². The molecule has 0 aliphatic rings. The molecule has 0 rings (SSSR count). The third-order valence-electron chi connectivity index (χ3n) is 5.19. The summed E-state index contributed by atoms with van der Waals surface area (Å²) in [5.41, 5.74) is 0. The van der Waals surface area contributed by atoms with Crippen LogP contribution in [0.25, 0.3) is 0 Å². The SMILES string of the molecule is C/C=[C](\C(=O)OCC[Si](C)(C)C)[Sn]([CH2]CCC)([CH2]CCC)[CH2]CCC. The van der Waals surface area contributed by atoms with Crippen LogP contribution in [0.2, 0.25) is 39.0 Å². The zero-order valence-electron chi connectivity index (χ0n) is 18.2. The second kappa shape index (κ2) is 13.4. The fraction of sp³-hybridized carbons (Fsp3) is 0.857. The van der Waals surface area contributed by atoms with Gasteiger partial charge in [-0.3, -0.25) is 0 Å². The maximum atomic E-state index is 13.0. The average molecular weight is 475 g/mol. The minimum atomic E-state index is -2.66. The van der Waals surface area contributed by atoms with Crippen molar-refractivity contribution in [1.29, 1.82) is 0 Å². The molecule has 0 radical (unpaired) electrons. The van der Waals surface area contributed by atoms with E-state index in [9.17, 15) is 4.79 Å². The predicted octanol–water partition coefficient (Wildman–Crippen LogP) is 7.20. The van der Waals surface area contributed by atoms with Gasteiger partial charge < -0.3 is 0 Å². The monoisotopic (exact) mass is 476 g/mol. The summed E-state index contributed by atoms with van der Waals surface area (Å²) in [6.07, 6.45) is 9.69. The van der Waals surface area contributed by atoms with Crippen molar-refractivity contribution in [2.24, 2.45) is 0 Å². The summed E-state index contributed by atoms with van der Waals surface area (Å²) < 4.78 is 10.9. The van der Waals surface area contributed by atoms with Gasteiger partial charge in [0, 0.05) is 0 Å². The quantitative estimate of drug-likeness (QED) is 0.151. The van der Waals surface area contributed by atoms with Crippen molar-refractivity contribution >= 4 is 32.4 Å². The molecule has 0 N–H and O–H groups in total. The van der Waals surface area contributed by atoms with Crippen molar-refractivity contribution in [3.63, 3.8) is 0 Å². The van der Waals surface area contributed by atoms with E-state index in [1.165, 1.54) is 55.4 Å². The van der Waals surface area contributed by atoms with E-state index >= 15 is 0 Å². The molecule has 25 heavy (non-hydrogen) atoms. The predicted molar refractivity (Wildman–Crippen MR) is 118 cm³/mol. The van der Waals surface area contributed by atoms with Crippen LogP contribution in [-0.4, -0.2) is 39.0 Å². The summed E-state index contributed by atoms with van der Waals surface area (Å²) in [6.45, 7) is 16.5. The molecular weight excluding hydrogens is 431 g/mol. The Labute approximate surface area is 163 Å². The molecular formula is C21H44O2SiSn. The van der Waals surface area contributed by atoms with E-state index in [2.05, 4.69) is 53.4 Å². The molecule has 0 aromatic carbocycles. The molecule has 0 heterocycles. The van der Waals surface area contributed by atoms with E-state index in [1.807, 2.05) is 0 Å². The third-order valence-corrected chi connectivity index (χ3v) is 22.8. The number of carbonyl (C=O) groups excluding carboxylic acids is 1. The molecule has 0 aliphatic carbocycles. The molecule has 148 valence electrons. The number of hydrogen-bond donors (Lipinski definition) is 0. The normalized spacial score (nSPS) is 13.2. The van der Waals surface area contributed by atoms with E-state index < -0.39 is 26.5 Å². The van der Waals surface area contributed by atoms with Crippen molar-refractivity contribution in [3.05, 3.63) is 9.67 Å². The number of carbonyl (C=O) groups is 1. The Morgan fingerprint density at radius 1 is 0.920 bits per heavy atom. The van der Waals surface area contributed by atoms with E-state index in [4.69, 9.17) is 4.74 Å². The standard InChI is InChI=1S/C9H17O2Si.3C4H9.Sn/c1-5-6-9(10)11-7-8-12(2,3)4;3*1-3-4-2;/h5H,7-8H2,1-4H3;3*1,3-4H2,2H3;. The number of allylic oxidation sites excluding steroid dienone is 1. The van der Waals surface area contributed by atoms with Gasteiger partial charge in [-0.05, 0) is 0 Å². The zero-order chi connectivity index (χ0) is 19.3. The van der Waals surface area contributed by atoms with Gasteiger partial charge in [-0.15, -0.1) is 0 Å². The molecule has 0 aliphatic heterocycles. The van der Waals surface area contributed by atoms with E-state index in [-0.39, 0.29) is 5.97 Å². The van der Waals surface area contributed by atoms with Crippen molar-refractivity contribution in [2.45, 2.75) is 105 Å². The topological polar surface area (TPSA) is 26.3 Å². The molecule has 2 nitrogen and oxygen atoms in total. The Kier molecular flexibility index (Phi) is 13.5. The number of esters is 1. The Hall–Kier alpha value is 0.226. The summed E-state index contributed by atoms with van der Waals surface area (Å²) in [7, 11) is -1.16. The molecule has 0 aromatic heterocycles. The van der Waals surface area contributed by atoms with Crippen LogP contribution in [0.1, 0.15) is 66.2 Å². The Balaban J connectivity index is 5.31. The summed E-state index contributed by atoms with van der Waals surface area (Å²) in [6, 6.07) is 1.07. The van der Waals surface area contributed by atoms with Gasteiger partial charge in [0.2, 0.25) is 0 Å². The summed E-state index contributed by atoms with van der Waals surface area (Å²) >= 11 is -2.66. The Bertz CT molecular complexity index is 377. The van der Waals surface area contributed by atoms with Gasteiger partial charge in [0.15, 0.2) is 0 Å². The van der Waals surface area contributed by atoms with Crippen molar-refractivity contribution in [1.82, 2.24) is 0 Å². The first-order valence-corrected chi connectivity index (χ1v) is 21.8. The number of rotatable bonds is 14. The fourth-order valence-electron chi connectivity index (χ4n) is 3.49. The summed E-state index contributed by atoms with van der Waals surface area (Å²) in [5.74, 6) is 0.0415. The Morgan fingerprint density at radius 2 is 1.36 bits per heavy atom. The molecule has 0 atom stereocenters. The van der Waals surface area contributed by atoms with Gasteiger partial charge in [-0.25, -0.2) is 0 Å². The van der Waals surface area contributed by atoms with Gasteiger partial charge in [0.05, 0.1) is 0 Å². The van der Waals surface area contributed by atoms with Gasteiger partial charge in [-0.2, -0.15) is 0 Å². The second-order valence-corrected chi connectivity index (χ2v) is 27.5. The first kappa shape index (κ1) is 25.2. The van der Waals surface area contributed by atoms with Crippen molar-refractivity contribution < 1.29 is 9.53 Å². The van der Waals surface area contributed by atoms with Crippen LogP contribution in [0, 0.1) is 0 Å². The number of ether oxygens (including phenoxy) is 1. The van der Waals surface area contributed by atoms with Crippen LogP contribution in [0.5, 0.6) is 0 Å². The molecule has 0 bridgehead atoms. The van der Waals surface area contributed by atoms with E-state index in [1.54, 1.807) is 0 Å². The summed E-state index contributed by atoms with van der Waals surface area (Å²) in [4.78, 5) is 13.0. The van der Waals surface area contributed by atoms with Gasteiger partial charge >= 0.3 is 163 Å². The molecule has 0 fully saturated rings. The molecule has 0 unspecified atom stereocenters. The molecule has 0 saturated carbocycles. The van der Waals surface area contributed by atoms with Crippen LogP contribution in [0.4, 0.5) is 0 Å². The van der Waals surface area contributed by atoms with Gasteiger partial charge in [0.1, 0.15) is 0 Å². The average Bonchev–Trinajstić information content (AvgIpc) is 2.55. The minimum absolute atomic E-state index is 0.0415. The first-order chi connectivity index (χ1) is 11.8. The Morgan fingerprint density at radius 3 is 1.68 bits per heavy atom. The van der Waals surface area contributed by atoms with Crippen LogP contribution in [0.3, 0.4) is 0 Å². The van der Waals surface area contributed by atoms with Crippen LogP contribution < -0.4 is 0 Å². The molecule has 0 aromatic rings.